The number of aliphatic hydroxyl groups is 1. The number of carbonyl (C=O) groups excluding carboxylic acids is 1. The van der Waals surface area contributed by atoms with Crippen molar-refractivity contribution in [3.8, 4) is 0 Å². The topological polar surface area (TPSA) is 62.5 Å². The van der Waals surface area contributed by atoms with Gasteiger partial charge in [0.25, 0.3) is 5.91 Å². The SMILES string of the molecule is O=C(NC1(CO)CC1)c1cc2ccccc2o1. The summed E-state index contributed by atoms with van der Waals surface area (Å²) in [6.07, 6.45) is 1.66. The fourth-order valence-electron chi connectivity index (χ4n) is 1.87. The molecular formula is C13H13NO3. The lowest BCUT2D eigenvalue weighted by atomic mass is 10.2. The first-order valence-corrected chi connectivity index (χ1v) is 5.64. The van der Waals surface area contributed by atoms with E-state index < -0.39 is 5.54 Å². The Hall–Kier alpha value is -1.81. The first kappa shape index (κ1) is 10.4. The Labute approximate surface area is 98.2 Å². The van der Waals surface area contributed by atoms with Gasteiger partial charge < -0.3 is 14.8 Å². The maximum absolute atomic E-state index is 11.9. The second kappa shape index (κ2) is 3.60. The van der Waals surface area contributed by atoms with Crippen molar-refractivity contribution in [3.05, 3.63) is 36.1 Å². The molecule has 0 atom stereocenters. The van der Waals surface area contributed by atoms with Gasteiger partial charge in [0, 0.05) is 5.39 Å². The van der Waals surface area contributed by atoms with Crippen LogP contribution in [0.3, 0.4) is 0 Å². The van der Waals surface area contributed by atoms with Crippen LogP contribution in [-0.2, 0) is 0 Å². The molecule has 3 rings (SSSR count). The number of nitrogens with one attached hydrogen (secondary N) is 1. The maximum atomic E-state index is 11.9. The van der Waals surface area contributed by atoms with Crippen LogP contribution in [0, 0.1) is 0 Å². The minimum absolute atomic E-state index is 0.0149. The smallest absolute Gasteiger partial charge is 0.287 e. The number of carbonyl (C=O) groups is 1. The van der Waals surface area contributed by atoms with Crippen LogP contribution in [0.1, 0.15) is 23.4 Å². The second-order valence-corrected chi connectivity index (χ2v) is 4.54. The van der Waals surface area contributed by atoms with Crippen molar-refractivity contribution in [1.82, 2.24) is 5.32 Å². The van der Waals surface area contributed by atoms with E-state index in [1.807, 2.05) is 24.3 Å². The van der Waals surface area contributed by atoms with E-state index in [-0.39, 0.29) is 12.5 Å². The summed E-state index contributed by atoms with van der Waals surface area (Å²) in [5.41, 5.74) is 0.294. The van der Waals surface area contributed by atoms with E-state index in [0.717, 1.165) is 18.2 Å². The van der Waals surface area contributed by atoms with E-state index in [4.69, 9.17) is 9.52 Å². The highest BCUT2D eigenvalue weighted by Gasteiger charge is 2.43. The normalized spacial score (nSPS) is 17.0. The van der Waals surface area contributed by atoms with Gasteiger partial charge in [-0.1, -0.05) is 18.2 Å². The zero-order valence-corrected chi connectivity index (χ0v) is 9.27. The van der Waals surface area contributed by atoms with Crippen molar-refractivity contribution in [2.45, 2.75) is 18.4 Å². The van der Waals surface area contributed by atoms with Crippen molar-refractivity contribution in [2.24, 2.45) is 0 Å². The predicted molar refractivity (Wildman–Crippen MR) is 62.7 cm³/mol. The number of para-hydroxylation sites is 1. The summed E-state index contributed by atoms with van der Waals surface area (Å²) >= 11 is 0. The van der Waals surface area contributed by atoms with Crippen LogP contribution < -0.4 is 5.32 Å². The van der Waals surface area contributed by atoms with Crippen LogP contribution in [0.2, 0.25) is 0 Å². The summed E-state index contributed by atoms with van der Waals surface area (Å²) in [5, 5.41) is 12.9. The van der Waals surface area contributed by atoms with Gasteiger partial charge in [-0.15, -0.1) is 0 Å². The lowest BCUT2D eigenvalue weighted by Crippen LogP contribution is -2.39. The number of hydrogen-bond donors (Lipinski definition) is 2. The Morgan fingerprint density at radius 2 is 2.18 bits per heavy atom. The lowest BCUT2D eigenvalue weighted by molar-refractivity contribution is 0.0881. The molecule has 0 spiro atoms. The fraction of sp³-hybridized carbons (Fsp3) is 0.308. The quantitative estimate of drug-likeness (QED) is 0.844. The standard InChI is InChI=1S/C13H13NO3/c15-8-13(5-6-13)14-12(16)11-7-9-3-1-2-4-10(9)17-11/h1-4,7,15H,5-6,8H2,(H,14,16). The molecule has 2 N–H and O–H groups in total. The minimum Gasteiger partial charge on any atom is -0.451 e. The van der Waals surface area contributed by atoms with Crippen LogP contribution in [0.4, 0.5) is 0 Å². The Morgan fingerprint density at radius 3 is 2.82 bits per heavy atom. The number of fused-ring (bicyclic) bond motifs is 1. The second-order valence-electron chi connectivity index (χ2n) is 4.54. The van der Waals surface area contributed by atoms with E-state index in [2.05, 4.69) is 5.32 Å². The molecule has 88 valence electrons. The van der Waals surface area contributed by atoms with Crippen molar-refractivity contribution < 1.29 is 14.3 Å². The van der Waals surface area contributed by atoms with Crippen molar-refractivity contribution in [2.75, 3.05) is 6.61 Å². The van der Waals surface area contributed by atoms with Crippen LogP contribution in [0.15, 0.2) is 34.7 Å². The Bertz CT molecular complexity index is 536. The molecule has 1 aliphatic rings. The van der Waals surface area contributed by atoms with Gasteiger partial charge in [0.15, 0.2) is 5.76 Å². The van der Waals surface area contributed by atoms with Gasteiger partial charge in [-0.3, -0.25) is 4.79 Å². The molecular weight excluding hydrogens is 218 g/mol. The van der Waals surface area contributed by atoms with Gasteiger partial charge in [0.1, 0.15) is 5.58 Å². The first-order chi connectivity index (χ1) is 8.22. The average molecular weight is 231 g/mol. The zero-order valence-electron chi connectivity index (χ0n) is 9.27. The molecule has 17 heavy (non-hydrogen) atoms. The number of benzene rings is 1. The Balaban J connectivity index is 1.86. The highest BCUT2D eigenvalue weighted by Crippen LogP contribution is 2.35. The Morgan fingerprint density at radius 1 is 1.41 bits per heavy atom. The molecule has 0 radical (unpaired) electrons. The molecule has 1 amide bonds. The molecule has 1 aromatic carbocycles. The molecule has 4 nitrogen and oxygen atoms in total. The highest BCUT2D eigenvalue weighted by atomic mass is 16.3. The average Bonchev–Trinajstić information content (AvgIpc) is 2.98. The summed E-state index contributed by atoms with van der Waals surface area (Å²) in [4.78, 5) is 11.9. The van der Waals surface area contributed by atoms with Crippen molar-refractivity contribution in [3.63, 3.8) is 0 Å². The van der Waals surface area contributed by atoms with E-state index >= 15 is 0 Å². The number of hydrogen-bond acceptors (Lipinski definition) is 3. The third-order valence-electron chi connectivity index (χ3n) is 3.18. The van der Waals surface area contributed by atoms with Crippen LogP contribution in [-0.4, -0.2) is 23.2 Å². The van der Waals surface area contributed by atoms with Gasteiger partial charge >= 0.3 is 0 Å². The van der Waals surface area contributed by atoms with Crippen molar-refractivity contribution in [1.29, 1.82) is 0 Å². The summed E-state index contributed by atoms with van der Waals surface area (Å²) in [5.74, 6) is 0.0404. The van der Waals surface area contributed by atoms with E-state index in [0.29, 0.717) is 11.3 Å². The molecule has 0 saturated heterocycles. The van der Waals surface area contributed by atoms with E-state index in [1.54, 1.807) is 6.07 Å². The van der Waals surface area contributed by atoms with E-state index in [1.165, 1.54) is 0 Å². The number of rotatable bonds is 3. The molecule has 1 heterocycles. The van der Waals surface area contributed by atoms with Crippen molar-refractivity contribution >= 4 is 16.9 Å². The first-order valence-electron chi connectivity index (χ1n) is 5.64. The van der Waals surface area contributed by atoms with Gasteiger partial charge in [0.05, 0.1) is 12.1 Å². The maximum Gasteiger partial charge on any atom is 0.287 e. The molecule has 1 aliphatic carbocycles. The van der Waals surface area contributed by atoms with Crippen LogP contribution in [0.5, 0.6) is 0 Å². The van der Waals surface area contributed by atoms with Gasteiger partial charge in [-0.2, -0.15) is 0 Å². The summed E-state index contributed by atoms with van der Waals surface area (Å²) in [7, 11) is 0. The third kappa shape index (κ3) is 1.80. The molecule has 0 unspecified atom stereocenters. The third-order valence-corrected chi connectivity index (χ3v) is 3.18. The van der Waals surface area contributed by atoms with Gasteiger partial charge in [-0.05, 0) is 25.0 Å². The van der Waals surface area contributed by atoms with Gasteiger partial charge in [-0.25, -0.2) is 0 Å². The molecule has 1 fully saturated rings. The molecule has 1 saturated carbocycles. The van der Waals surface area contributed by atoms with Crippen LogP contribution >= 0.6 is 0 Å². The molecule has 0 aliphatic heterocycles. The minimum atomic E-state index is -0.407. The highest BCUT2D eigenvalue weighted by molar-refractivity contribution is 5.96. The number of amides is 1. The zero-order chi connectivity index (χ0) is 11.9. The lowest BCUT2D eigenvalue weighted by Gasteiger charge is -2.12. The predicted octanol–water partition coefficient (Wildman–Crippen LogP) is 1.69. The number of furan rings is 1. The summed E-state index contributed by atoms with van der Waals surface area (Å²) in [6, 6.07) is 9.21. The molecule has 1 aromatic heterocycles. The number of aliphatic hydroxyl groups excluding tert-OH is 1. The monoisotopic (exact) mass is 231 g/mol. The largest absolute Gasteiger partial charge is 0.451 e. The fourth-order valence-corrected chi connectivity index (χ4v) is 1.87. The molecule has 2 aromatic rings. The van der Waals surface area contributed by atoms with Gasteiger partial charge in [0.2, 0.25) is 0 Å². The van der Waals surface area contributed by atoms with E-state index in [9.17, 15) is 4.79 Å². The molecule has 4 heteroatoms. The molecule has 0 bridgehead atoms. The summed E-state index contributed by atoms with van der Waals surface area (Å²) in [6.45, 7) is -0.0149. The Kier molecular flexibility index (Phi) is 2.19. The van der Waals surface area contributed by atoms with Crippen LogP contribution in [0.25, 0.3) is 11.0 Å². The summed E-state index contributed by atoms with van der Waals surface area (Å²) < 4.78 is 5.45.